The van der Waals surface area contributed by atoms with Crippen LogP contribution in [0.1, 0.15) is 42.0 Å². The van der Waals surface area contributed by atoms with E-state index in [4.69, 9.17) is 0 Å². The first-order chi connectivity index (χ1) is 11.7. The van der Waals surface area contributed by atoms with Gasteiger partial charge in [-0.25, -0.2) is 8.42 Å². The normalized spacial score (nSPS) is 18.2. The lowest BCUT2D eigenvalue weighted by Gasteiger charge is -2.39. The van der Waals surface area contributed by atoms with Crippen LogP contribution in [0.2, 0.25) is 0 Å². The fraction of sp³-hybridized carbons (Fsp3) is 0.429. The first-order valence-electron chi connectivity index (χ1n) is 8.86. The summed E-state index contributed by atoms with van der Waals surface area (Å²) in [5.41, 5.74) is 4.98. The van der Waals surface area contributed by atoms with Crippen LogP contribution in [0.25, 0.3) is 0 Å². The highest BCUT2D eigenvalue weighted by atomic mass is 32.2. The Morgan fingerprint density at radius 1 is 0.840 bits per heavy atom. The van der Waals surface area contributed by atoms with E-state index in [1.165, 1.54) is 16.7 Å². The van der Waals surface area contributed by atoms with Crippen molar-refractivity contribution < 1.29 is 8.42 Å². The van der Waals surface area contributed by atoms with Gasteiger partial charge in [0.2, 0.25) is 10.0 Å². The van der Waals surface area contributed by atoms with Gasteiger partial charge < -0.3 is 0 Å². The Bertz CT molecular complexity index is 841. The van der Waals surface area contributed by atoms with Crippen molar-refractivity contribution in [3.8, 4) is 0 Å². The predicted octanol–water partition coefficient (Wildman–Crippen LogP) is 4.35. The molecule has 134 valence electrons. The van der Waals surface area contributed by atoms with Gasteiger partial charge in [-0.3, -0.25) is 0 Å². The maximum atomic E-state index is 12.9. The van der Waals surface area contributed by atoms with Gasteiger partial charge in [-0.15, -0.1) is 0 Å². The topological polar surface area (TPSA) is 37.4 Å². The third-order valence-corrected chi connectivity index (χ3v) is 7.32. The smallest absolute Gasteiger partial charge is 0.207 e. The van der Waals surface area contributed by atoms with E-state index in [9.17, 15) is 8.42 Å². The Hall–Kier alpha value is -1.65. The zero-order chi connectivity index (χ0) is 18.2. The molecule has 0 aliphatic carbocycles. The SMILES string of the molecule is Cc1ccc(S(=O)(=O)N2CCC(C)(c3cc(C)cc(C)c3)CC2)cc1. The average molecular weight is 358 g/mol. The third kappa shape index (κ3) is 3.65. The summed E-state index contributed by atoms with van der Waals surface area (Å²) in [5.74, 6) is 0. The van der Waals surface area contributed by atoms with Gasteiger partial charge >= 0.3 is 0 Å². The van der Waals surface area contributed by atoms with E-state index in [0.29, 0.717) is 18.0 Å². The van der Waals surface area contributed by atoms with Crippen LogP contribution in [0.15, 0.2) is 47.4 Å². The van der Waals surface area contributed by atoms with E-state index in [1.807, 2.05) is 19.1 Å². The lowest BCUT2D eigenvalue weighted by molar-refractivity contribution is 0.249. The first kappa shape index (κ1) is 18.2. The van der Waals surface area contributed by atoms with Gasteiger partial charge in [-0.05, 0) is 56.7 Å². The summed E-state index contributed by atoms with van der Waals surface area (Å²) in [6.07, 6.45) is 1.70. The summed E-state index contributed by atoms with van der Waals surface area (Å²) in [6, 6.07) is 13.8. The van der Waals surface area contributed by atoms with E-state index in [2.05, 4.69) is 39.0 Å². The number of rotatable bonds is 3. The van der Waals surface area contributed by atoms with Crippen LogP contribution in [0.4, 0.5) is 0 Å². The summed E-state index contributed by atoms with van der Waals surface area (Å²) in [5, 5.41) is 0. The van der Waals surface area contributed by atoms with Crippen molar-refractivity contribution in [2.24, 2.45) is 0 Å². The molecule has 0 bridgehead atoms. The minimum Gasteiger partial charge on any atom is -0.207 e. The number of sulfonamides is 1. The molecule has 0 N–H and O–H groups in total. The molecular formula is C21H27NO2S. The van der Waals surface area contributed by atoms with E-state index in [0.717, 1.165) is 18.4 Å². The summed E-state index contributed by atoms with van der Waals surface area (Å²) < 4.78 is 27.4. The molecule has 0 amide bonds. The Morgan fingerprint density at radius 3 is 1.88 bits per heavy atom. The molecule has 1 saturated heterocycles. The number of aryl methyl sites for hydroxylation is 3. The molecular weight excluding hydrogens is 330 g/mol. The quantitative estimate of drug-likeness (QED) is 0.819. The van der Waals surface area contributed by atoms with Crippen molar-refractivity contribution in [3.63, 3.8) is 0 Å². The van der Waals surface area contributed by atoms with Gasteiger partial charge in [-0.2, -0.15) is 4.31 Å². The molecule has 1 aliphatic heterocycles. The fourth-order valence-electron chi connectivity index (χ4n) is 3.69. The number of hydrogen-bond acceptors (Lipinski definition) is 2. The largest absolute Gasteiger partial charge is 0.243 e. The van der Waals surface area contributed by atoms with Gasteiger partial charge in [0, 0.05) is 13.1 Å². The maximum absolute atomic E-state index is 12.9. The van der Waals surface area contributed by atoms with E-state index >= 15 is 0 Å². The minimum absolute atomic E-state index is 0.0378. The van der Waals surface area contributed by atoms with Crippen LogP contribution < -0.4 is 0 Å². The second-order valence-electron chi connectivity index (χ2n) is 7.65. The molecule has 3 nitrogen and oxygen atoms in total. The highest BCUT2D eigenvalue weighted by molar-refractivity contribution is 7.89. The third-order valence-electron chi connectivity index (χ3n) is 5.40. The molecule has 2 aromatic rings. The lowest BCUT2D eigenvalue weighted by atomic mass is 9.74. The Morgan fingerprint density at radius 2 is 1.36 bits per heavy atom. The summed E-state index contributed by atoms with van der Waals surface area (Å²) in [6.45, 7) is 9.61. The van der Waals surface area contributed by atoms with Crippen LogP contribution in [0.3, 0.4) is 0 Å². The first-order valence-corrected chi connectivity index (χ1v) is 10.3. The molecule has 0 aromatic heterocycles. The molecule has 1 heterocycles. The molecule has 0 radical (unpaired) electrons. The van der Waals surface area contributed by atoms with Gasteiger partial charge in [0.05, 0.1) is 4.90 Å². The lowest BCUT2D eigenvalue weighted by Crippen LogP contribution is -2.43. The maximum Gasteiger partial charge on any atom is 0.243 e. The number of nitrogens with zero attached hydrogens (tertiary/aromatic N) is 1. The Kier molecular flexibility index (Phi) is 4.78. The van der Waals surface area contributed by atoms with Crippen molar-refractivity contribution in [1.29, 1.82) is 0 Å². The van der Waals surface area contributed by atoms with Gasteiger partial charge in [0.25, 0.3) is 0 Å². The van der Waals surface area contributed by atoms with Gasteiger partial charge in [0.15, 0.2) is 0 Å². The van der Waals surface area contributed by atoms with Crippen molar-refractivity contribution >= 4 is 10.0 Å². The molecule has 4 heteroatoms. The Balaban J connectivity index is 1.80. The van der Waals surface area contributed by atoms with Gasteiger partial charge in [0.1, 0.15) is 0 Å². The zero-order valence-electron chi connectivity index (χ0n) is 15.5. The number of hydrogen-bond donors (Lipinski definition) is 0. The summed E-state index contributed by atoms with van der Waals surface area (Å²) in [4.78, 5) is 0.396. The minimum atomic E-state index is -3.39. The summed E-state index contributed by atoms with van der Waals surface area (Å²) in [7, 11) is -3.39. The van der Waals surface area contributed by atoms with Crippen LogP contribution in [0, 0.1) is 20.8 Å². The molecule has 0 saturated carbocycles. The summed E-state index contributed by atoms with van der Waals surface area (Å²) >= 11 is 0. The van der Waals surface area contributed by atoms with Gasteiger partial charge in [-0.1, -0.05) is 53.9 Å². The highest BCUT2D eigenvalue weighted by Gasteiger charge is 2.36. The van der Waals surface area contributed by atoms with E-state index in [-0.39, 0.29) is 5.41 Å². The zero-order valence-corrected chi connectivity index (χ0v) is 16.4. The highest BCUT2D eigenvalue weighted by Crippen LogP contribution is 2.37. The Labute approximate surface area is 151 Å². The molecule has 1 aliphatic rings. The molecule has 0 unspecified atom stereocenters. The van der Waals surface area contributed by atoms with Crippen molar-refractivity contribution in [3.05, 3.63) is 64.7 Å². The molecule has 0 spiro atoms. The second-order valence-corrected chi connectivity index (χ2v) is 9.59. The van der Waals surface area contributed by atoms with Crippen molar-refractivity contribution in [2.45, 2.75) is 50.8 Å². The van der Waals surface area contributed by atoms with Crippen LogP contribution in [-0.2, 0) is 15.4 Å². The average Bonchev–Trinajstić information content (AvgIpc) is 2.55. The van der Waals surface area contributed by atoms with Crippen LogP contribution in [0.5, 0.6) is 0 Å². The number of piperidine rings is 1. The predicted molar refractivity (Wildman–Crippen MR) is 102 cm³/mol. The monoisotopic (exact) mass is 357 g/mol. The standard InChI is InChI=1S/C21H27NO2S/c1-16-5-7-20(8-6-16)25(23,24)22-11-9-21(4,10-12-22)19-14-17(2)13-18(3)15-19/h5-8,13-15H,9-12H2,1-4H3. The van der Waals surface area contributed by atoms with Crippen LogP contribution in [-0.4, -0.2) is 25.8 Å². The molecule has 2 aromatic carbocycles. The molecule has 3 rings (SSSR count). The number of benzene rings is 2. The molecule has 25 heavy (non-hydrogen) atoms. The van der Waals surface area contributed by atoms with E-state index < -0.39 is 10.0 Å². The van der Waals surface area contributed by atoms with Crippen molar-refractivity contribution in [2.75, 3.05) is 13.1 Å². The fourth-order valence-corrected chi connectivity index (χ4v) is 5.13. The molecule has 0 atom stereocenters. The van der Waals surface area contributed by atoms with E-state index in [1.54, 1.807) is 16.4 Å². The van der Waals surface area contributed by atoms with Crippen molar-refractivity contribution in [1.82, 2.24) is 4.31 Å². The van der Waals surface area contributed by atoms with Crippen LogP contribution >= 0.6 is 0 Å². The molecule has 1 fully saturated rings. The second kappa shape index (κ2) is 6.58.